The third-order valence-electron chi connectivity index (χ3n) is 3.77. The van der Waals surface area contributed by atoms with Gasteiger partial charge in [-0.25, -0.2) is 4.79 Å². The molecule has 0 N–H and O–H groups in total. The van der Waals surface area contributed by atoms with Crippen molar-refractivity contribution in [2.45, 2.75) is 13.5 Å². The van der Waals surface area contributed by atoms with E-state index in [0.29, 0.717) is 0 Å². The van der Waals surface area contributed by atoms with Gasteiger partial charge in [0.1, 0.15) is 6.61 Å². The van der Waals surface area contributed by atoms with Crippen LogP contribution in [0.5, 0.6) is 0 Å². The second-order valence-electron chi connectivity index (χ2n) is 5.29. The van der Waals surface area contributed by atoms with E-state index in [1.165, 1.54) is 16.8 Å². The molecule has 0 saturated heterocycles. The van der Waals surface area contributed by atoms with Gasteiger partial charge in [-0.2, -0.15) is 0 Å². The van der Waals surface area contributed by atoms with Gasteiger partial charge in [-0.15, -0.1) is 0 Å². The summed E-state index contributed by atoms with van der Waals surface area (Å²) >= 11 is 0. The number of carbonyl (C=O) groups is 1. The Kier molecular flexibility index (Phi) is 4.53. The van der Waals surface area contributed by atoms with Crippen LogP contribution in [0.1, 0.15) is 12.5 Å². The summed E-state index contributed by atoms with van der Waals surface area (Å²) in [6.07, 6.45) is 3.11. The molecule has 0 aromatic heterocycles. The van der Waals surface area contributed by atoms with Crippen LogP contribution < -0.4 is 0 Å². The van der Waals surface area contributed by atoms with Crippen molar-refractivity contribution in [3.63, 3.8) is 0 Å². The van der Waals surface area contributed by atoms with Crippen LogP contribution in [0, 0.1) is 0 Å². The van der Waals surface area contributed by atoms with Crippen molar-refractivity contribution >= 4 is 16.7 Å². The fourth-order valence-electron chi connectivity index (χ4n) is 2.70. The number of esters is 1. The summed E-state index contributed by atoms with van der Waals surface area (Å²) in [6.45, 7) is 2.06. The quantitative estimate of drug-likeness (QED) is 0.493. The lowest BCUT2D eigenvalue weighted by atomic mass is 9.95. The number of rotatable bonds is 4. The largest absolute Gasteiger partial charge is 0.458 e. The van der Waals surface area contributed by atoms with Gasteiger partial charge in [0.25, 0.3) is 0 Å². The molecule has 2 nitrogen and oxygen atoms in total. The fourth-order valence-corrected chi connectivity index (χ4v) is 2.70. The predicted molar refractivity (Wildman–Crippen MR) is 94.0 cm³/mol. The minimum atomic E-state index is -0.319. The van der Waals surface area contributed by atoms with E-state index in [2.05, 4.69) is 36.4 Å². The molecule has 0 unspecified atom stereocenters. The zero-order chi connectivity index (χ0) is 16.1. The summed E-state index contributed by atoms with van der Waals surface area (Å²) in [4.78, 5) is 11.6. The second-order valence-corrected chi connectivity index (χ2v) is 5.29. The summed E-state index contributed by atoms with van der Waals surface area (Å²) in [7, 11) is 0. The van der Waals surface area contributed by atoms with Gasteiger partial charge in [-0.3, -0.25) is 0 Å². The maximum atomic E-state index is 11.6. The smallest absolute Gasteiger partial charge is 0.330 e. The first-order valence-corrected chi connectivity index (χ1v) is 7.65. The maximum absolute atomic E-state index is 11.6. The van der Waals surface area contributed by atoms with Gasteiger partial charge in [0, 0.05) is 6.08 Å². The van der Waals surface area contributed by atoms with Crippen LogP contribution >= 0.6 is 0 Å². The first-order valence-electron chi connectivity index (χ1n) is 7.65. The molecule has 3 rings (SSSR count). The highest BCUT2D eigenvalue weighted by molar-refractivity contribution is 5.97. The van der Waals surface area contributed by atoms with Crippen LogP contribution in [0.2, 0.25) is 0 Å². The highest BCUT2D eigenvalue weighted by Gasteiger charge is 2.09. The van der Waals surface area contributed by atoms with Crippen molar-refractivity contribution in [3.05, 3.63) is 84.4 Å². The fraction of sp³-hybridized carbons (Fsp3) is 0.0952. The molecule has 0 fully saturated rings. The van der Waals surface area contributed by atoms with Gasteiger partial charge < -0.3 is 4.74 Å². The highest BCUT2D eigenvalue weighted by atomic mass is 16.5. The van der Waals surface area contributed by atoms with Gasteiger partial charge in [0.15, 0.2) is 0 Å². The van der Waals surface area contributed by atoms with E-state index < -0.39 is 0 Å². The summed E-state index contributed by atoms with van der Waals surface area (Å²) in [6, 6.07) is 22.6. The molecule has 3 aromatic carbocycles. The lowest BCUT2D eigenvalue weighted by molar-refractivity contribution is -0.138. The normalized spacial score (nSPS) is 11.0. The zero-order valence-corrected chi connectivity index (χ0v) is 13.0. The Labute approximate surface area is 136 Å². The van der Waals surface area contributed by atoms with E-state index >= 15 is 0 Å². The molecule has 0 aliphatic carbocycles. The van der Waals surface area contributed by atoms with Crippen molar-refractivity contribution in [1.29, 1.82) is 0 Å². The number of ether oxygens (including phenoxy) is 1. The minimum Gasteiger partial charge on any atom is -0.458 e. The van der Waals surface area contributed by atoms with Gasteiger partial charge in [-0.1, -0.05) is 72.8 Å². The molecular weight excluding hydrogens is 284 g/mol. The Bertz CT molecular complexity index is 857. The van der Waals surface area contributed by atoms with E-state index in [9.17, 15) is 4.79 Å². The van der Waals surface area contributed by atoms with Crippen LogP contribution in [-0.2, 0) is 16.1 Å². The number of allylic oxidation sites excluding steroid dienone is 1. The molecular formula is C21H18O2. The van der Waals surface area contributed by atoms with Gasteiger partial charge in [0.2, 0.25) is 0 Å². The Morgan fingerprint density at radius 2 is 1.61 bits per heavy atom. The summed E-state index contributed by atoms with van der Waals surface area (Å²) in [5.41, 5.74) is 3.25. The van der Waals surface area contributed by atoms with Gasteiger partial charge >= 0.3 is 5.97 Å². The van der Waals surface area contributed by atoms with Gasteiger partial charge in [0.05, 0.1) is 0 Å². The molecule has 0 aliphatic rings. The number of carbonyl (C=O) groups excluding carboxylic acids is 1. The van der Waals surface area contributed by atoms with Crippen molar-refractivity contribution in [2.24, 2.45) is 0 Å². The molecule has 0 spiro atoms. The SMILES string of the molecule is C/C=C/C(=O)OCc1ccccc1-c1cccc2ccccc12. The number of benzene rings is 3. The molecule has 0 bridgehead atoms. The Morgan fingerprint density at radius 1 is 0.913 bits per heavy atom. The molecule has 3 aromatic rings. The van der Waals surface area contributed by atoms with E-state index in [1.54, 1.807) is 13.0 Å². The summed E-state index contributed by atoms with van der Waals surface area (Å²) in [5.74, 6) is -0.319. The molecule has 0 aliphatic heterocycles. The summed E-state index contributed by atoms with van der Waals surface area (Å²) < 4.78 is 5.32. The molecule has 23 heavy (non-hydrogen) atoms. The molecule has 0 amide bonds. The topological polar surface area (TPSA) is 26.3 Å². The van der Waals surface area contributed by atoms with Crippen LogP contribution in [0.4, 0.5) is 0 Å². The number of hydrogen-bond acceptors (Lipinski definition) is 2. The molecule has 114 valence electrons. The van der Waals surface area contributed by atoms with Crippen LogP contribution in [-0.4, -0.2) is 5.97 Å². The van der Waals surface area contributed by atoms with Crippen LogP contribution in [0.15, 0.2) is 78.9 Å². The van der Waals surface area contributed by atoms with E-state index in [4.69, 9.17) is 4.74 Å². The molecule has 0 radical (unpaired) electrons. The Hall–Kier alpha value is -2.87. The molecule has 0 heterocycles. The zero-order valence-electron chi connectivity index (χ0n) is 13.0. The highest BCUT2D eigenvalue weighted by Crippen LogP contribution is 2.31. The third-order valence-corrected chi connectivity index (χ3v) is 3.77. The van der Waals surface area contributed by atoms with Crippen molar-refractivity contribution in [2.75, 3.05) is 0 Å². The molecule has 0 atom stereocenters. The standard InChI is InChI=1S/C21H18O2/c1-2-8-21(22)23-15-17-10-4-6-13-19(17)20-14-7-11-16-9-3-5-12-18(16)20/h2-14H,15H2,1H3/b8-2+. The monoisotopic (exact) mass is 302 g/mol. The van der Waals surface area contributed by atoms with Crippen LogP contribution in [0.25, 0.3) is 21.9 Å². The lowest BCUT2D eigenvalue weighted by Crippen LogP contribution is -2.02. The van der Waals surface area contributed by atoms with Crippen LogP contribution in [0.3, 0.4) is 0 Å². The predicted octanol–water partition coefficient (Wildman–Crippen LogP) is 5.13. The average Bonchev–Trinajstić information content (AvgIpc) is 2.60. The average molecular weight is 302 g/mol. The number of hydrogen-bond donors (Lipinski definition) is 0. The van der Waals surface area contributed by atoms with E-state index in [1.807, 2.05) is 30.3 Å². The number of fused-ring (bicyclic) bond motifs is 1. The van der Waals surface area contributed by atoms with E-state index in [0.717, 1.165) is 16.7 Å². The van der Waals surface area contributed by atoms with Crippen molar-refractivity contribution in [1.82, 2.24) is 0 Å². The molecule has 2 heteroatoms. The summed E-state index contributed by atoms with van der Waals surface area (Å²) in [5, 5.41) is 2.40. The minimum absolute atomic E-state index is 0.266. The van der Waals surface area contributed by atoms with Gasteiger partial charge in [-0.05, 0) is 34.4 Å². The first kappa shape index (κ1) is 15.0. The first-order chi connectivity index (χ1) is 11.3. The molecule has 0 saturated carbocycles. The lowest BCUT2D eigenvalue weighted by Gasteiger charge is -2.12. The Morgan fingerprint density at radius 3 is 2.48 bits per heavy atom. The third kappa shape index (κ3) is 3.32. The second kappa shape index (κ2) is 6.93. The van der Waals surface area contributed by atoms with Crippen molar-refractivity contribution in [3.8, 4) is 11.1 Å². The Balaban J connectivity index is 2.01. The maximum Gasteiger partial charge on any atom is 0.330 e. The van der Waals surface area contributed by atoms with E-state index in [-0.39, 0.29) is 12.6 Å². The van der Waals surface area contributed by atoms with Crippen molar-refractivity contribution < 1.29 is 9.53 Å².